The molecule has 7 nitrogen and oxygen atoms in total. The number of halogens is 1. The van der Waals surface area contributed by atoms with E-state index in [-0.39, 0.29) is 30.7 Å². The highest BCUT2D eigenvalue weighted by Gasteiger charge is 2.40. The summed E-state index contributed by atoms with van der Waals surface area (Å²) in [5.41, 5.74) is 5.98. The summed E-state index contributed by atoms with van der Waals surface area (Å²) in [5, 5.41) is 0. The van der Waals surface area contributed by atoms with Gasteiger partial charge in [0, 0.05) is 18.9 Å². The molecule has 2 amide bonds. The van der Waals surface area contributed by atoms with Gasteiger partial charge in [0.25, 0.3) is 0 Å². The predicted octanol–water partition coefficient (Wildman–Crippen LogP) is 4.60. The smallest absolute Gasteiger partial charge is 0.329 e. The Morgan fingerprint density at radius 3 is 2.24 bits per heavy atom. The summed E-state index contributed by atoms with van der Waals surface area (Å²) in [5.74, 6) is -0.0246. The molecule has 200 valence electrons. The lowest BCUT2D eigenvalue weighted by molar-refractivity contribution is -0.154. The number of para-hydroxylation sites is 1. The number of hydrogen-bond donors (Lipinski definition) is 1. The molecular formula is C30H33FN2O5. The Labute approximate surface area is 222 Å². The molecule has 2 unspecified atom stereocenters. The molecule has 4 rings (SSSR count). The number of amides is 2. The van der Waals surface area contributed by atoms with Gasteiger partial charge in [-0.25, -0.2) is 9.18 Å². The van der Waals surface area contributed by atoms with Gasteiger partial charge in [0.05, 0.1) is 6.61 Å². The number of carbonyl (C=O) groups excluding carboxylic acids is 3. The number of likely N-dealkylation sites (tertiary alicyclic amines) is 1. The number of primary amides is 1. The molecule has 1 heterocycles. The van der Waals surface area contributed by atoms with Crippen LogP contribution in [-0.2, 0) is 25.7 Å². The van der Waals surface area contributed by atoms with Gasteiger partial charge < -0.3 is 20.1 Å². The molecule has 3 aromatic carbocycles. The predicted molar refractivity (Wildman–Crippen MR) is 142 cm³/mol. The fourth-order valence-electron chi connectivity index (χ4n) is 4.37. The molecule has 1 fully saturated rings. The molecule has 8 heteroatoms. The van der Waals surface area contributed by atoms with Crippen molar-refractivity contribution in [1.29, 1.82) is 0 Å². The summed E-state index contributed by atoms with van der Waals surface area (Å²) in [6.45, 7) is 1.10. The monoisotopic (exact) mass is 520 g/mol. The maximum Gasteiger partial charge on any atom is 0.329 e. The number of nitrogens with zero attached hydrogens (tertiary/aromatic N) is 1. The number of unbranched alkanes of at least 4 members (excludes halogenated alkanes) is 1. The quantitative estimate of drug-likeness (QED) is 0.239. The molecule has 0 aromatic heterocycles. The van der Waals surface area contributed by atoms with Gasteiger partial charge in [-0.3, -0.25) is 9.59 Å². The first-order valence-electron chi connectivity index (χ1n) is 12.6. The maximum atomic E-state index is 13.4. The molecular weight excluding hydrogens is 487 g/mol. The van der Waals surface area contributed by atoms with Crippen molar-refractivity contribution < 1.29 is 28.2 Å². The number of carbonyl (C=O) groups is 3. The topological polar surface area (TPSA) is 98.9 Å². The summed E-state index contributed by atoms with van der Waals surface area (Å²) in [6, 6.07) is 24.7. The average Bonchev–Trinajstić information content (AvgIpc) is 3.39. The summed E-state index contributed by atoms with van der Waals surface area (Å²) in [6.07, 6.45) is 2.44. The minimum atomic E-state index is -0.651. The number of ether oxygens (including phenoxy) is 2. The van der Waals surface area contributed by atoms with E-state index in [1.165, 1.54) is 12.1 Å². The zero-order valence-corrected chi connectivity index (χ0v) is 21.2. The molecule has 3 aromatic rings. The maximum absolute atomic E-state index is 13.4. The molecule has 2 atom stereocenters. The van der Waals surface area contributed by atoms with Crippen molar-refractivity contribution in [2.24, 2.45) is 5.73 Å². The van der Waals surface area contributed by atoms with Gasteiger partial charge in [-0.05, 0) is 54.7 Å². The fourth-order valence-corrected chi connectivity index (χ4v) is 4.37. The Kier molecular flexibility index (Phi) is 11.3. The van der Waals surface area contributed by atoms with Crippen LogP contribution < -0.4 is 10.5 Å². The van der Waals surface area contributed by atoms with Crippen molar-refractivity contribution in [3.8, 4) is 5.75 Å². The van der Waals surface area contributed by atoms with Gasteiger partial charge in [0.15, 0.2) is 0 Å². The van der Waals surface area contributed by atoms with Gasteiger partial charge in [0.1, 0.15) is 24.2 Å². The second kappa shape index (κ2) is 15.1. The third-order valence-corrected chi connectivity index (χ3v) is 6.26. The van der Waals surface area contributed by atoms with Crippen molar-refractivity contribution in [3.05, 3.63) is 102 Å². The second-order valence-electron chi connectivity index (χ2n) is 8.89. The average molecular weight is 521 g/mol. The Hall–Kier alpha value is -4.20. The van der Waals surface area contributed by atoms with Crippen LogP contribution in [0.1, 0.15) is 42.7 Å². The number of benzene rings is 3. The van der Waals surface area contributed by atoms with E-state index in [0.717, 1.165) is 23.3 Å². The van der Waals surface area contributed by atoms with E-state index >= 15 is 0 Å². The van der Waals surface area contributed by atoms with Crippen molar-refractivity contribution in [2.75, 3.05) is 13.2 Å². The van der Waals surface area contributed by atoms with Gasteiger partial charge in [-0.15, -0.1) is 0 Å². The Balaban J connectivity index is 0.00000127. The van der Waals surface area contributed by atoms with E-state index in [0.29, 0.717) is 32.4 Å². The van der Waals surface area contributed by atoms with Gasteiger partial charge >= 0.3 is 5.97 Å². The molecule has 0 radical (unpaired) electrons. The molecule has 1 aliphatic heterocycles. The van der Waals surface area contributed by atoms with Crippen LogP contribution in [0.2, 0.25) is 0 Å². The SMILES string of the molecule is NC=O.O=C(OCc1ccccc1)C1CC(c2ccc(F)cc2)CN1C(=O)CCCCOc1ccccc1. The zero-order chi connectivity index (χ0) is 27.2. The van der Waals surface area contributed by atoms with Crippen LogP contribution in [0.3, 0.4) is 0 Å². The molecule has 0 aliphatic carbocycles. The Bertz CT molecular complexity index is 1140. The summed E-state index contributed by atoms with van der Waals surface area (Å²) in [7, 11) is 0. The van der Waals surface area contributed by atoms with Crippen LogP contribution in [0, 0.1) is 5.82 Å². The standard InChI is InChI=1S/C29H30FNO4.CH3NO/c30-25-16-14-23(15-17-25)24-19-27(29(33)35-21-22-9-3-1-4-10-22)31(20-24)28(32)13-7-8-18-34-26-11-5-2-6-12-26;2-1-3/h1-6,9-12,14-17,24,27H,7-8,13,18-21H2;1H,(H2,2,3). The minimum absolute atomic E-state index is 0.0461. The van der Waals surface area contributed by atoms with E-state index in [1.54, 1.807) is 17.0 Å². The number of rotatable bonds is 10. The highest BCUT2D eigenvalue weighted by atomic mass is 19.1. The molecule has 1 saturated heterocycles. The molecule has 38 heavy (non-hydrogen) atoms. The Morgan fingerprint density at radius 2 is 1.58 bits per heavy atom. The lowest BCUT2D eigenvalue weighted by Crippen LogP contribution is -2.41. The first-order valence-corrected chi connectivity index (χ1v) is 12.6. The van der Waals surface area contributed by atoms with Gasteiger partial charge in [-0.2, -0.15) is 0 Å². The van der Waals surface area contributed by atoms with E-state index in [4.69, 9.17) is 14.3 Å². The molecule has 0 spiro atoms. The van der Waals surface area contributed by atoms with E-state index in [2.05, 4.69) is 5.73 Å². The van der Waals surface area contributed by atoms with Crippen molar-refractivity contribution in [2.45, 2.75) is 44.2 Å². The third kappa shape index (κ3) is 8.73. The molecule has 2 N–H and O–H groups in total. The van der Waals surface area contributed by atoms with Crippen LogP contribution in [0.15, 0.2) is 84.9 Å². The molecule has 0 saturated carbocycles. The van der Waals surface area contributed by atoms with Crippen molar-refractivity contribution in [1.82, 2.24) is 4.90 Å². The molecule has 0 bridgehead atoms. The Morgan fingerprint density at radius 1 is 0.947 bits per heavy atom. The van der Waals surface area contributed by atoms with E-state index in [1.807, 2.05) is 60.7 Å². The van der Waals surface area contributed by atoms with Crippen molar-refractivity contribution in [3.63, 3.8) is 0 Å². The zero-order valence-electron chi connectivity index (χ0n) is 21.2. The highest BCUT2D eigenvalue weighted by Crippen LogP contribution is 2.33. The van der Waals surface area contributed by atoms with Crippen LogP contribution in [0.25, 0.3) is 0 Å². The van der Waals surface area contributed by atoms with Crippen molar-refractivity contribution >= 4 is 18.3 Å². The first kappa shape index (κ1) is 28.4. The van der Waals surface area contributed by atoms with Gasteiger partial charge in [0.2, 0.25) is 12.3 Å². The fraction of sp³-hybridized carbons (Fsp3) is 0.300. The normalized spacial score (nSPS) is 16.2. The van der Waals surface area contributed by atoms with E-state index in [9.17, 15) is 14.0 Å². The van der Waals surface area contributed by atoms with Gasteiger partial charge in [-0.1, -0.05) is 60.7 Å². The molecule has 1 aliphatic rings. The summed E-state index contributed by atoms with van der Waals surface area (Å²) >= 11 is 0. The first-order chi connectivity index (χ1) is 18.5. The summed E-state index contributed by atoms with van der Waals surface area (Å²) in [4.78, 5) is 36.3. The summed E-state index contributed by atoms with van der Waals surface area (Å²) < 4.78 is 24.7. The number of nitrogens with two attached hydrogens (primary N) is 1. The van der Waals surface area contributed by atoms with Crippen LogP contribution in [-0.4, -0.2) is 42.4 Å². The van der Waals surface area contributed by atoms with Crippen LogP contribution in [0.5, 0.6) is 5.75 Å². The van der Waals surface area contributed by atoms with E-state index < -0.39 is 12.0 Å². The number of esters is 1. The second-order valence-corrected chi connectivity index (χ2v) is 8.89. The number of hydrogen-bond acceptors (Lipinski definition) is 5. The highest BCUT2D eigenvalue weighted by molar-refractivity contribution is 5.85. The van der Waals surface area contributed by atoms with Crippen LogP contribution in [0.4, 0.5) is 4.39 Å². The third-order valence-electron chi connectivity index (χ3n) is 6.26. The minimum Gasteiger partial charge on any atom is -0.494 e. The van der Waals surface area contributed by atoms with Crippen LogP contribution >= 0.6 is 0 Å². The lowest BCUT2D eigenvalue weighted by atomic mass is 9.96. The lowest BCUT2D eigenvalue weighted by Gasteiger charge is -2.23. The largest absolute Gasteiger partial charge is 0.494 e.